The Morgan fingerprint density at radius 3 is 1.50 bits per heavy atom. The molecule has 0 aromatic carbocycles. The average Bonchev–Trinajstić information content (AvgIpc) is 1.60. The van der Waals surface area contributed by atoms with E-state index < -0.39 is 17.4 Å². The Bertz CT molecular complexity index is 109. The van der Waals surface area contributed by atoms with Crippen molar-refractivity contribution in [1.29, 1.82) is 0 Å². The third-order valence-corrected chi connectivity index (χ3v) is 0. The van der Waals surface area contributed by atoms with Crippen LogP contribution in [0.3, 0.4) is 0 Å². The van der Waals surface area contributed by atoms with Crippen molar-refractivity contribution in [2.24, 2.45) is 0 Å². The summed E-state index contributed by atoms with van der Waals surface area (Å²) < 4.78 is 47.4. The normalized spacial score (nSPS) is 9.58. The fraction of sp³-hybridized carbons (Fsp3) is 1.00. The first kappa shape index (κ1) is 22.4. The van der Waals surface area contributed by atoms with E-state index in [1.807, 2.05) is 0 Å². The fourth-order valence-electron chi connectivity index (χ4n) is 0. The van der Waals surface area contributed by atoms with Gasteiger partial charge in [-0.3, -0.25) is 4.39 Å². The first-order chi connectivity index (χ1) is 4.88. The molecule has 0 fully saturated rings. The minimum Gasteiger partial charge on any atom is -0.392 e. The standard InChI is InChI=1S/C2H5FO.C2H5F.FO2S.Rf/c1-2(3)4;1-2-3;1-4(2)3;/h2,4H,1H3;2H2,1H3;;/q;;-1;. The molecule has 0 heterocycles. The van der Waals surface area contributed by atoms with E-state index in [0.717, 1.165) is 6.92 Å². The van der Waals surface area contributed by atoms with Crippen LogP contribution in [-0.2, 0) is 19.5 Å². The van der Waals surface area contributed by atoms with Crippen molar-refractivity contribution in [2.75, 3.05) is 6.67 Å². The third-order valence-electron chi connectivity index (χ3n) is 0. The van der Waals surface area contributed by atoms with Gasteiger partial charge in [-0.1, -0.05) is 0 Å². The van der Waals surface area contributed by atoms with Crippen LogP contribution < -0.4 is 0 Å². The zero-order chi connectivity index (χ0) is 9.86. The summed E-state index contributed by atoms with van der Waals surface area (Å²) in [5, 5.41) is 7.39. The Kier molecular flexibility index (Phi) is 42.2. The van der Waals surface area contributed by atoms with Crippen molar-refractivity contribution in [3.05, 3.63) is 0 Å². The van der Waals surface area contributed by atoms with E-state index in [2.05, 4.69) is 0 Å². The van der Waals surface area contributed by atoms with Gasteiger partial charge in [0, 0.05) is 0 Å². The maximum Gasteiger partial charge on any atom is 0.193 e. The molecule has 0 aliphatic heterocycles. The maximum atomic E-state index is 10.6. The molecule has 8 heteroatoms. The van der Waals surface area contributed by atoms with Crippen LogP contribution in [-0.4, -0.2) is 18.1 Å². The van der Waals surface area contributed by atoms with Crippen LogP contribution in [0.2, 0.25) is 0 Å². The minimum absolute atomic E-state index is 0. The molecular formula is C4H10F3O3RfS-. The van der Waals surface area contributed by atoms with Gasteiger partial charge in [0.1, 0.15) is 0 Å². The summed E-state index contributed by atoms with van der Waals surface area (Å²) >= 11 is -3.36. The summed E-state index contributed by atoms with van der Waals surface area (Å²) in [7, 11) is 0. The second-order valence-corrected chi connectivity index (χ2v) is 1.42. The molecule has 0 spiro atoms. The van der Waals surface area contributed by atoms with Crippen molar-refractivity contribution in [1.82, 2.24) is 0 Å². The van der Waals surface area contributed by atoms with Crippen molar-refractivity contribution in [3.8, 4) is 0 Å². The maximum absolute atomic E-state index is 10.6. The van der Waals surface area contributed by atoms with Crippen molar-refractivity contribution >= 4 is 11.1 Å². The number of aliphatic hydroxyl groups excluding tert-OH is 1. The van der Waals surface area contributed by atoms with Gasteiger partial charge < -0.3 is 17.4 Å². The number of alkyl halides is 2. The second-order valence-electron chi connectivity index (χ2n) is 1.04. The van der Waals surface area contributed by atoms with Gasteiger partial charge in [0.2, 0.25) is 0 Å². The molecule has 1 unspecified atom stereocenters. The van der Waals surface area contributed by atoms with E-state index in [0.29, 0.717) is 0 Å². The summed E-state index contributed by atoms with van der Waals surface area (Å²) in [5.74, 6) is 0. The van der Waals surface area contributed by atoms with Crippen LogP contribution in [0.4, 0.5) is 12.7 Å². The number of aliphatic hydroxyl groups is 1. The molecule has 0 aromatic heterocycles. The Hall–Kier alpha value is -1.30. The van der Waals surface area contributed by atoms with Crippen molar-refractivity contribution < 1.29 is 26.2 Å². The molecule has 12 heavy (non-hydrogen) atoms. The summed E-state index contributed by atoms with van der Waals surface area (Å²) in [6, 6.07) is 0. The zero-order valence-corrected chi connectivity index (χ0v) is 14.0. The molecule has 0 aliphatic rings. The van der Waals surface area contributed by atoms with Crippen LogP contribution in [0, 0.1) is 0 Å². The molecule has 74 valence electrons. The summed E-state index contributed by atoms with van der Waals surface area (Å²) in [5.41, 5.74) is 0. The molecule has 0 radical (unpaired) electrons. The van der Waals surface area contributed by atoms with Crippen molar-refractivity contribution in [3.63, 3.8) is 0 Å². The Morgan fingerprint density at radius 2 is 1.50 bits per heavy atom. The quantitative estimate of drug-likeness (QED) is 0.438. The topological polar surface area (TPSA) is 54.4 Å². The fourth-order valence-corrected chi connectivity index (χ4v) is 0. The molecular weight excluding hydrogens is 452 g/mol. The van der Waals surface area contributed by atoms with E-state index in [1.165, 1.54) is 6.92 Å². The van der Waals surface area contributed by atoms with Crippen molar-refractivity contribution in [2.45, 2.75) is 20.2 Å². The van der Waals surface area contributed by atoms with Gasteiger partial charge in [0.05, 0.1) is 17.8 Å². The molecule has 0 saturated heterocycles. The van der Waals surface area contributed by atoms with Gasteiger partial charge in [-0.25, -0.2) is 4.39 Å². The monoisotopic (exact) mass is 462 g/mol. The molecule has 0 rings (SSSR count). The van der Waals surface area contributed by atoms with Crippen LogP contribution in [0.1, 0.15) is 13.8 Å². The summed E-state index contributed by atoms with van der Waals surface area (Å²) in [6.07, 6.45) is -1.67. The first-order valence-corrected chi connectivity index (χ1v) is 3.49. The SMILES string of the molecule is CC(O)F.CCF.O=[S-](=O)F.[Rf]. The number of halogens is 3. The number of hydrogen-bond donors (Lipinski definition) is 1. The Labute approximate surface area is 65.1 Å². The number of rotatable bonds is 0. The summed E-state index contributed by atoms with van der Waals surface area (Å²) in [6.45, 7) is 2.26. The molecule has 1 N–H and O–H groups in total. The predicted molar refractivity (Wildman–Crippen MR) is 34.3 cm³/mol. The molecule has 0 bridgehead atoms. The average molecular weight is 462 g/mol. The van der Waals surface area contributed by atoms with Gasteiger partial charge in [0.15, 0.2) is 6.36 Å². The third kappa shape index (κ3) is 305. The molecule has 0 amide bonds. The van der Waals surface area contributed by atoms with E-state index >= 15 is 0 Å². The van der Waals surface area contributed by atoms with E-state index in [-0.39, 0.29) is 6.67 Å². The van der Waals surface area contributed by atoms with Gasteiger partial charge >= 0.3 is 0 Å². The second kappa shape index (κ2) is 22.6. The van der Waals surface area contributed by atoms with Gasteiger partial charge in [0.25, 0.3) is 0 Å². The molecule has 1 atom stereocenters. The Balaban J connectivity index is -0.0000000389. The minimum atomic E-state index is -3.36. The number of hydrogen-bond acceptors (Lipinski definition) is 4. The molecule has 0 aliphatic carbocycles. The van der Waals surface area contributed by atoms with E-state index in [4.69, 9.17) is 13.5 Å². The largest absolute Gasteiger partial charge is 0.392 e. The smallest absolute Gasteiger partial charge is 0.193 e. The van der Waals surface area contributed by atoms with Crippen LogP contribution in [0.15, 0.2) is 0 Å². The molecule has 0 aromatic rings. The zero-order valence-electron chi connectivity index (χ0n) is 6.80. The van der Waals surface area contributed by atoms with Gasteiger partial charge in [-0.2, -0.15) is 0 Å². The molecule has 0 saturated carbocycles. The Morgan fingerprint density at radius 1 is 1.50 bits per heavy atom. The predicted octanol–water partition coefficient (Wildman–Crippen LogP) is 1.45. The summed E-state index contributed by atoms with van der Waals surface area (Å²) in [4.78, 5) is 0. The van der Waals surface area contributed by atoms with Crippen LogP contribution in [0.5, 0.6) is 0 Å². The molecule has 3 nitrogen and oxygen atoms in total. The van der Waals surface area contributed by atoms with Gasteiger partial charge in [-0.05, 0) is 13.8 Å². The van der Waals surface area contributed by atoms with E-state index in [1.54, 1.807) is 0 Å². The van der Waals surface area contributed by atoms with Gasteiger partial charge in [-0.15, -0.1) is 0 Å². The van der Waals surface area contributed by atoms with Crippen LogP contribution >= 0.6 is 0 Å². The first-order valence-electron chi connectivity index (χ1n) is 2.52. The van der Waals surface area contributed by atoms with E-state index in [9.17, 15) is 12.7 Å². The van der Waals surface area contributed by atoms with Crippen LogP contribution in [0.25, 0.3) is 0 Å².